The zero-order chi connectivity index (χ0) is 22.3. The summed E-state index contributed by atoms with van der Waals surface area (Å²) in [7, 11) is 1.78. The lowest BCUT2D eigenvalue weighted by Gasteiger charge is -2.16. The quantitative estimate of drug-likeness (QED) is 0.365. The van der Waals surface area contributed by atoms with E-state index < -0.39 is 0 Å². The van der Waals surface area contributed by atoms with Crippen LogP contribution in [0, 0.1) is 5.82 Å². The first-order valence-electron chi connectivity index (χ1n) is 10.5. The van der Waals surface area contributed by atoms with Crippen molar-refractivity contribution < 1.29 is 18.1 Å². The summed E-state index contributed by atoms with van der Waals surface area (Å²) in [4.78, 5) is 18.3. The molecule has 0 bridgehead atoms. The maximum Gasteiger partial charge on any atom is 0.222 e. The summed E-state index contributed by atoms with van der Waals surface area (Å²) in [5, 5.41) is 4.12. The molecule has 6 nitrogen and oxygen atoms in total. The Morgan fingerprint density at radius 2 is 1.84 bits per heavy atom. The highest BCUT2D eigenvalue weighted by Gasteiger charge is 2.14. The van der Waals surface area contributed by atoms with Crippen LogP contribution in [0.2, 0.25) is 0 Å². The van der Waals surface area contributed by atoms with Gasteiger partial charge in [0, 0.05) is 44.5 Å². The Morgan fingerprint density at radius 1 is 1.06 bits per heavy atom. The maximum atomic E-state index is 13.9. The second kappa shape index (κ2) is 10.0. The lowest BCUT2D eigenvalue weighted by Crippen LogP contribution is -2.28. The lowest BCUT2D eigenvalue weighted by molar-refractivity contribution is -0.130. The summed E-state index contributed by atoms with van der Waals surface area (Å²) >= 11 is 0. The molecule has 0 radical (unpaired) electrons. The summed E-state index contributed by atoms with van der Waals surface area (Å²) < 4.78 is 24.9. The van der Waals surface area contributed by atoms with Crippen LogP contribution in [0.4, 0.5) is 4.39 Å². The molecule has 0 N–H and O–H groups in total. The molecule has 1 amide bonds. The third-order valence-electron chi connectivity index (χ3n) is 5.22. The highest BCUT2D eigenvalue weighted by Crippen LogP contribution is 2.24. The molecule has 0 aliphatic heterocycles. The SMILES string of the molecule is CN(CCCc1cc(-c2ccccc2)no1)C(=O)CCc1ncc(-c2ccccc2F)o1. The van der Waals surface area contributed by atoms with Crippen LogP contribution in [0.5, 0.6) is 0 Å². The smallest absolute Gasteiger partial charge is 0.222 e. The molecule has 0 saturated carbocycles. The van der Waals surface area contributed by atoms with Crippen LogP contribution in [0.25, 0.3) is 22.6 Å². The number of aromatic nitrogens is 2. The molecular weight excluding hydrogens is 409 g/mol. The Morgan fingerprint density at radius 3 is 2.66 bits per heavy atom. The monoisotopic (exact) mass is 433 g/mol. The van der Waals surface area contributed by atoms with Crippen molar-refractivity contribution in [2.75, 3.05) is 13.6 Å². The van der Waals surface area contributed by atoms with E-state index in [0.717, 1.165) is 23.4 Å². The second-order valence-electron chi connectivity index (χ2n) is 7.56. The first-order chi connectivity index (χ1) is 15.6. The number of carbonyl (C=O) groups is 1. The molecule has 32 heavy (non-hydrogen) atoms. The molecular formula is C25H24FN3O3. The van der Waals surface area contributed by atoms with Crippen molar-refractivity contribution in [1.82, 2.24) is 15.0 Å². The van der Waals surface area contributed by atoms with Crippen LogP contribution in [-0.2, 0) is 17.6 Å². The third-order valence-corrected chi connectivity index (χ3v) is 5.22. The molecule has 4 rings (SSSR count). The molecule has 7 heteroatoms. The molecule has 0 atom stereocenters. The minimum Gasteiger partial charge on any atom is -0.441 e. The summed E-state index contributed by atoms with van der Waals surface area (Å²) in [6.07, 6.45) is 3.59. The molecule has 0 spiro atoms. The molecule has 164 valence electrons. The Labute approximate surface area is 185 Å². The van der Waals surface area contributed by atoms with Crippen molar-refractivity contribution in [2.45, 2.75) is 25.7 Å². The largest absolute Gasteiger partial charge is 0.441 e. The molecule has 2 aromatic carbocycles. The van der Waals surface area contributed by atoms with Crippen molar-refractivity contribution in [2.24, 2.45) is 0 Å². The minimum atomic E-state index is -0.367. The number of aryl methyl sites for hydroxylation is 2. The highest BCUT2D eigenvalue weighted by molar-refractivity contribution is 5.76. The standard InChI is InChI=1S/C25H24FN3O3/c1-29(15-7-10-19-16-22(28-32-19)18-8-3-2-4-9-18)25(30)14-13-24-27-17-23(31-24)20-11-5-6-12-21(20)26/h2-6,8-9,11-12,16-17H,7,10,13-15H2,1H3. The first kappa shape index (κ1) is 21.5. The van der Waals surface area contributed by atoms with Crippen LogP contribution in [-0.4, -0.2) is 34.5 Å². The van der Waals surface area contributed by atoms with E-state index in [4.69, 9.17) is 8.94 Å². The Bertz CT molecular complexity index is 1170. The maximum absolute atomic E-state index is 13.9. The molecule has 2 aromatic heterocycles. The van der Waals surface area contributed by atoms with E-state index in [2.05, 4.69) is 10.1 Å². The average molecular weight is 433 g/mol. The van der Waals surface area contributed by atoms with Crippen molar-refractivity contribution in [3.8, 4) is 22.6 Å². The molecule has 0 saturated heterocycles. The van der Waals surface area contributed by atoms with Gasteiger partial charge >= 0.3 is 0 Å². The molecule has 4 aromatic rings. The lowest BCUT2D eigenvalue weighted by atomic mass is 10.1. The number of hydrogen-bond donors (Lipinski definition) is 0. The van der Waals surface area contributed by atoms with Gasteiger partial charge in [0.25, 0.3) is 0 Å². The third kappa shape index (κ3) is 5.29. The van der Waals surface area contributed by atoms with Crippen LogP contribution >= 0.6 is 0 Å². The fraction of sp³-hybridized carbons (Fsp3) is 0.240. The van der Waals surface area contributed by atoms with E-state index in [1.165, 1.54) is 12.3 Å². The summed E-state index contributed by atoms with van der Waals surface area (Å²) in [5.74, 6) is 1.21. The molecule has 0 aliphatic carbocycles. The Kier molecular flexibility index (Phi) is 6.75. The number of halogens is 1. The summed E-state index contributed by atoms with van der Waals surface area (Å²) in [6.45, 7) is 0.603. The Hall–Kier alpha value is -3.74. The average Bonchev–Trinajstić information content (AvgIpc) is 3.48. The van der Waals surface area contributed by atoms with Crippen LogP contribution < -0.4 is 0 Å². The number of amides is 1. The van der Waals surface area contributed by atoms with Crippen LogP contribution in [0.15, 0.2) is 75.8 Å². The molecule has 0 unspecified atom stereocenters. The molecule has 0 fully saturated rings. The number of oxazole rings is 1. The number of rotatable bonds is 9. The van der Waals surface area contributed by atoms with Gasteiger partial charge in [0.05, 0.1) is 11.8 Å². The van der Waals surface area contributed by atoms with Crippen LogP contribution in [0.3, 0.4) is 0 Å². The van der Waals surface area contributed by atoms with Crippen LogP contribution in [0.1, 0.15) is 24.5 Å². The summed E-state index contributed by atoms with van der Waals surface area (Å²) in [5.41, 5.74) is 2.18. The van der Waals surface area contributed by atoms with Gasteiger partial charge in [0.1, 0.15) is 17.3 Å². The number of carbonyl (C=O) groups excluding carboxylic acids is 1. The van der Waals surface area contributed by atoms with Gasteiger partial charge in [-0.1, -0.05) is 47.6 Å². The van der Waals surface area contributed by atoms with Gasteiger partial charge in [0.15, 0.2) is 11.7 Å². The van der Waals surface area contributed by atoms with Gasteiger partial charge in [-0.3, -0.25) is 4.79 Å². The second-order valence-corrected chi connectivity index (χ2v) is 7.56. The van der Waals surface area contributed by atoms with Gasteiger partial charge in [0.2, 0.25) is 5.91 Å². The normalized spacial score (nSPS) is 10.9. The zero-order valence-corrected chi connectivity index (χ0v) is 17.8. The topological polar surface area (TPSA) is 72.4 Å². The fourth-order valence-corrected chi connectivity index (χ4v) is 3.41. The number of nitrogens with zero attached hydrogens (tertiary/aromatic N) is 3. The van der Waals surface area contributed by atoms with E-state index in [0.29, 0.717) is 36.6 Å². The predicted molar refractivity (Wildman–Crippen MR) is 118 cm³/mol. The fourth-order valence-electron chi connectivity index (χ4n) is 3.41. The van der Waals surface area contributed by atoms with Gasteiger partial charge in [-0.05, 0) is 18.6 Å². The minimum absolute atomic E-state index is 0.00168. The van der Waals surface area contributed by atoms with Crippen molar-refractivity contribution in [3.05, 3.63) is 84.3 Å². The number of benzene rings is 2. The first-order valence-corrected chi connectivity index (χ1v) is 10.5. The number of hydrogen-bond acceptors (Lipinski definition) is 5. The van der Waals surface area contributed by atoms with Crippen molar-refractivity contribution in [1.29, 1.82) is 0 Å². The van der Waals surface area contributed by atoms with E-state index in [9.17, 15) is 9.18 Å². The van der Waals surface area contributed by atoms with Gasteiger partial charge in [-0.25, -0.2) is 9.37 Å². The molecule has 0 aliphatic rings. The highest BCUT2D eigenvalue weighted by atomic mass is 19.1. The Balaban J connectivity index is 1.22. The van der Waals surface area contributed by atoms with E-state index in [-0.39, 0.29) is 18.1 Å². The predicted octanol–water partition coefficient (Wildman–Crippen LogP) is 5.16. The summed E-state index contributed by atoms with van der Waals surface area (Å²) in [6, 6.07) is 18.2. The van der Waals surface area contributed by atoms with Gasteiger partial charge < -0.3 is 13.8 Å². The van der Waals surface area contributed by atoms with Gasteiger partial charge in [-0.15, -0.1) is 0 Å². The van der Waals surface area contributed by atoms with E-state index in [1.54, 1.807) is 30.1 Å². The van der Waals surface area contributed by atoms with E-state index >= 15 is 0 Å². The zero-order valence-electron chi connectivity index (χ0n) is 17.8. The van der Waals surface area contributed by atoms with Gasteiger partial charge in [-0.2, -0.15) is 0 Å². The van der Waals surface area contributed by atoms with Crippen molar-refractivity contribution >= 4 is 5.91 Å². The molecule has 2 heterocycles. The van der Waals surface area contributed by atoms with Crippen molar-refractivity contribution in [3.63, 3.8) is 0 Å². The van der Waals surface area contributed by atoms with E-state index in [1.807, 2.05) is 36.4 Å².